The largest absolute Gasteiger partial charge is 0.392 e. The summed E-state index contributed by atoms with van der Waals surface area (Å²) in [5.41, 5.74) is 7.49. The van der Waals surface area contributed by atoms with Crippen LogP contribution in [0.4, 0.5) is 10.5 Å². The number of likely N-dealkylation sites (tertiary alicyclic amines) is 1. The molecule has 0 radical (unpaired) electrons. The number of hydrogen-bond acceptors (Lipinski definition) is 6. The average molecular weight is 615 g/mol. The van der Waals surface area contributed by atoms with Crippen LogP contribution in [0.5, 0.6) is 0 Å². The van der Waals surface area contributed by atoms with Crippen LogP contribution in [0.15, 0.2) is 59.5 Å². The minimum Gasteiger partial charge on any atom is -0.392 e. The van der Waals surface area contributed by atoms with E-state index in [0.29, 0.717) is 23.9 Å². The number of nitrogens with one attached hydrogen (secondary N) is 1. The number of amides is 2. The van der Waals surface area contributed by atoms with Gasteiger partial charge in [-0.2, -0.15) is 0 Å². The van der Waals surface area contributed by atoms with Crippen LogP contribution in [0.3, 0.4) is 0 Å². The van der Waals surface area contributed by atoms with Gasteiger partial charge in [-0.25, -0.2) is 18.2 Å². The predicted octanol–water partition coefficient (Wildman–Crippen LogP) is 5.53. The molecule has 1 atom stereocenters. The van der Waals surface area contributed by atoms with Crippen molar-refractivity contribution in [2.75, 3.05) is 30.3 Å². The fraction of sp³-hybridized carbons (Fsp3) is 0.486. The Hall–Kier alpha value is -3.27. The van der Waals surface area contributed by atoms with E-state index in [-0.39, 0.29) is 23.3 Å². The Bertz CT molecular complexity index is 1660. The van der Waals surface area contributed by atoms with Gasteiger partial charge in [-0.05, 0) is 85.0 Å². The molecule has 9 heteroatoms. The van der Waals surface area contributed by atoms with Gasteiger partial charge in [-0.1, -0.05) is 44.0 Å². The van der Waals surface area contributed by atoms with E-state index in [1.165, 1.54) is 29.5 Å². The van der Waals surface area contributed by atoms with Gasteiger partial charge in [0, 0.05) is 43.7 Å². The van der Waals surface area contributed by atoms with E-state index in [4.69, 9.17) is 4.98 Å². The Morgan fingerprint density at radius 3 is 2.45 bits per heavy atom. The summed E-state index contributed by atoms with van der Waals surface area (Å²) < 4.78 is 24.3. The molecule has 3 fully saturated rings. The molecule has 1 spiro atoms. The summed E-state index contributed by atoms with van der Waals surface area (Å²) >= 11 is 0. The summed E-state index contributed by atoms with van der Waals surface area (Å²) in [6, 6.07) is 17.6. The third-order valence-corrected chi connectivity index (χ3v) is 11.9. The maximum atomic E-state index is 13.6. The van der Waals surface area contributed by atoms with Crippen molar-refractivity contribution in [3.8, 4) is 11.3 Å². The molecule has 7 rings (SSSR count). The Balaban J connectivity index is 1.14. The van der Waals surface area contributed by atoms with Gasteiger partial charge in [-0.15, -0.1) is 0 Å². The summed E-state index contributed by atoms with van der Waals surface area (Å²) in [5.74, 6) is 0.646. The van der Waals surface area contributed by atoms with E-state index < -0.39 is 9.84 Å². The number of hydrogen-bond donors (Lipinski definition) is 2. The number of β-amino-alcohol motifs (C(OH)–C–C–N with tert-alkyl or cyclic N) is 1. The molecular formula is C35H42N4O4S. The molecular weight excluding hydrogens is 572 g/mol. The Labute approximate surface area is 260 Å². The maximum absolute atomic E-state index is 13.6. The van der Waals surface area contributed by atoms with Gasteiger partial charge in [-0.3, -0.25) is 9.80 Å². The Morgan fingerprint density at radius 1 is 1.02 bits per heavy atom. The van der Waals surface area contributed by atoms with Gasteiger partial charge in [0.05, 0.1) is 33.8 Å². The lowest BCUT2D eigenvalue weighted by Crippen LogP contribution is -2.41. The van der Waals surface area contributed by atoms with E-state index in [9.17, 15) is 18.3 Å². The van der Waals surface area contributed by atoms with E-state index >= 15 is 0 Å². The first-order valence-corrected chi connectivity index (χ1v) is 17.8. The molecule has 2 N–H and O–H groups in total. The highest BCUT2D eigenvalue weighted by Gasteiger charge is 2.48. The zero-order chi connectivity index (χ0) is 30.5. The lowest BCUT2D eigenvalue weighted by molar-refractivity contribution is 0.175. The molecule has 1 saturated heterocycles. The van der Waals surface area contributed by atoms with E-state index in [1.54, 1.807) is 31.2 Å². The third kappa shape index (κ3) is 5.66. The number of carbonyl (C=O) groups excluding carboxylic acids is 1. The van der Waals surface area contributed by atoms with Gasteiger partial charge >= 0.3 is 6.03 Å². The minimum absolute atomic E-state index is 0.0614. The normalized spacial score (nSPS) is 21.2. The number of rotatable bonds is 8. The van der Waals surface area contributed by atoms with Crippen LogP contribution < -0.4 is 10.2 Å². The number of urea groups is 1. The quantitative estimate of drug-likeness (QED) is 0.346. The zero-order valence-corrected chi connectivity index (χ0v) is 26.3. The molecule has 4 aliphatic rings. The van der Waals surface area contributed by atoms with E-state index in [1.807, 2.05) is 4.90 Å². The second kappa shape index (κ2) is 11.6. The number of nitrogens with zero attached hydrogens (tertiary/aromatic N) is 3. The molecule has 2 aliphatic carbocycles. The molecule has 2 saturated carbocycles. The van der Waals surface area contributed by atoms with Gasteiger partial charge in [0.15, 0.2) is 9.84 Å². The van der Waals surface area contributed by atoms with Gasteiger partial charge in [0.2, 0.25) is 0 Å². The average Bonchev–Trinajstić information content (AvgIpc) is 3.49. The van der Waals surface area contributed by atoms with Crippen molar-refractivity contribution in [3.63, 3.8) is 0 Å². The number of carbonyl (C=O) groups is 1. The SMILES string of the molecule is CCS(=O)(=O)c1ccc(CNC(=O)N2CC3(CCCC3)c3nc(-c4cc(CN5CC[C@H](O)C5)ccc4C4CC4)ccc32)cc1. The number of pyridine rings is 1. The zero-order valence-electron chi connectivity index (χ0n) is 25.5. The summed E-state index contributed by atoms with van der Waals surface area (Å²) in [5, 5.41) is 13.1. The lowest BCUT2D eigenvalue weighted by Gasteiger charge is -2.24. The van der Waals surface area contributed by atoms with Gasteiger partial charge in [0.1, 0.15) is 0 Å². The van der Waals surface area contributed by atoms with Crippen molar-refractivity contribution in [1.29, 1.82) is 0 Å². The first kappa shape index (κ1) is 29.4. The van der Waals surface area contributed by atoms with Crippen molar-refractivity contribution in [2.24, 2.45) is 0 Å². The van der Waals surface area contributed by atoms with Crippen molar-refractivity contribution in [2.45, 2.75) is 87.3 Å². The van der Waals surface area contributed by atoms with Crippen molar-refractivity contribution < 1.29 is 18.3 Å². The molecule has 8 nitrogen and oxygen atoms in total. The molecule has 2 aromatic carbocycles. The molecule has 232 valence electrons. The monoisotopic (exact) mass is 614 g/mol. The molecule has 0 unspecified atom stereocenters. The summed E-state index contributed by atoms with van der Waals surface area (Å²) in [4.78, 5) is 23.5. The number of aliphatic hydroxyl groups excluding tert-OH is 1. The highest BCUT2D eigenvalue weighted by atomic mass is 32.2. The number of fused-ring (bicyclic) bond motifs is 2. The molecule has 3 aromatic rings. The van der Waals surface area contributed by atoms with E-state index in [0.717, 1.165) is 74.4 Å². The van der Waals surface area contributed by atoms with Crippen LogP contribution in [0.25, 0.3) is 11.3 Å². The van der Waals surface area contributed by atoms with Crippen molar-refractivity contribution in [3.05, 3.63) is 77.0 Å². The summed E-state index contributed by atoms with van der Waals surface area (Å²) in [6.45, 7) is 5.06. The van der Waals surface area contributed by atoms with Crippen molar-refractivity contribution in [1.82, 2.24) is 15.2 Å². The molecule has 2 aliphatic heterocycles. The topological polar surface area (TPSA) is 103 Å². The predicted molar refractivity (Wildman–Crippen MR) is 171 cm³/mol. The first-order valence-electron chi connectivity index (χ1n) is 16.2. The highest BCUT2D eigenvalue weighted by Crippen LogP contribution is 2.51. The van der Waals surface area contributed by atoms with Crippen LogP contribution in [0, 0.1) is 0 Å². The third-order valence-electron chi connectivity index (χ3n) is 10.1. The van der Waals surface area contributed by atoms with Gasteiger partial charge in [0.25, 0.3) is 0 Å². The van der Waals surface area contributed by atoms with Crippen LogP contribution in [0.1, 0.15) is 80.2 Å². The number of benzene rings is 2. The fourth-order valence-corrected chi connectivity index (χ4v) is 8.33. The lowest BCUT2D eigenvalue weighted by atomic mass is 9.84. The molecule has 0 bridgehead atoms. The van der Waals surface area contributed by atoms with Crippen LogP contribution >= 0.6 is 0 Å². The second-order valence-corrected chi connectivity index (χ2v) is 15.5. The summed E-state index contributed by atoms with van der Waals surface area (Å²) in [6.07, 6.45) is 7.36. The molecule has 44 heavy (non-hydrogen) atoms. The van der Waals surface area contributed by atoms with E-state index in [2.05, 4.69) is 40.5 Å². The van der Waals surface area contributed by atoms with Gasteiger partial charge < -0.3 is 10.4 Å². The minimum atomic E-state index is -3.26. The Kier molecular flexibility index (Phi) is 7.75. The van der Waals surface area contributed by atoms with Crippen LogP contribution in [-0.2, 0) is 28.3 Å². The smallest absolute Gasteiger partial charge is 0.322 e. The Morgan fingerprint density at radius 2 is 1.77 bits per heavy atom. The van der Waals surface area contributed by atoms with Crippen molar-refractivity contribution >= 4 is 21.6 Å². The number of sulfone groups is 1. The van der Waals surface area contributed by atoms with Crippen LogP contribution in [0.2, 0.25) is 0 Å². The standard InChI is InChI=1S/C35H42N4O4S/c1-2-44(42,43)28-10-5-24(6-11-28)20-36-34(41)39-23-35(16-3-4-17-35)33-32(39)14-13-31(37-33)30-19-25(7-12-29(30)26-8-9-26)21-38-18-15-27(40)22-38/h5-7,10-14,19,26-27,40H,2-4,8-9,15-18,20-23H2,1H3,(H,36,41)/t27-/m0/s1. The van der Waals surface area contributed by atoms with Crippen LogP contribution in [-0.4, -0.2) is 60.9 Å². The first-order chi connectivity index (χ1) is 21.2. The fourth-order valence-electron chi connectivity index (χ4n) is 7.44. The maximum Gasteiger partial charge on any atom is 0.322 e. The second-order valence-electron chi connectivity index (χ2n) is 13.2. The number of anilines is 1. The number of aliphatic hydroxyl groups is 1. The number of aromatic nitrogens is 1. The highest BCUT2D eigenvalue weighted by molar-refractivity contribution is 7.91. The molecule has 1 aromatic heterocycles. The summed E-state index contributed by atoms with van der Waals surface area (Å²) in [7, 11) is -3.26. The molecule has 2 amide bonds. The molecule has 3 heterocycles.